The zero-order valence-electron chi connectivity index (χ0n) is 11.9. The first kappa shape index (κ1) is 15.2. The van der Waals surface area contributed by atoms with Crippen molar-refractivity contribution in [2.24, 2.45) is 0 Å². The van der Waals surface area contributed by atoms with Crippen molar-refractivity contribution in [2.45, 2.75) is 42.6 Å². The Balaban J connectivity index is 2.22. The minimum absolute atomic E-state index is 0.0901. The second-order valence-electron chi connectivity index (χ2n) is 5.21. The molecule has 0 aliphatic carbocycles. The maximum atomic E-state index is 14.1. The Morgan fingerprint density at radius 1 is 1.32 bits per heavy atom. The summed E-state index contributed by atoms with van der Waals surface area (Å²) >= 11 is 3.99. The molecule has 1 saturated heterocycles. The van der Waals surface area contributed by atoms with Gasteiger partial charge in [0.15, 0.2) is 0 Å². The van der Waals surface area contributed by atoms with E-state index >= 15 is 0 Å². The minimum Gasteiger partial charge on any atom is -0.312 e. The van der Waals surface area contributed by atoms with Gasteiger partial charge in [0.1, 0.15) is 5.82 Å². The fourth-order valence-electron chi connectivity index (χ4n) is 2.43. The number of aryl methyl sites for hydroxylation is 1. The van der Waals surface area contributed by atoms with E-state index in [2.05, 4.69) is 19.2 Å². The predicted octanol–water partition coefficient (Wildman–Crippen LogP) is 4.02. The summed E-state index contributed by atoms with van der Waals surface area (Å²) in [7, 11) is 1.93. The summed E-state index contributed by atoms with van der Waals surface area (Å²) in [5.74, 6) is 0.983. The van der Waals surface area contributed by atoms with Gasteiger partial charge >= 0.3 is 0 Å². The van der Waals surface area contributed by atoms with Crippen LogP contribution >= 0.6 is 23.5 Å². The summed E-state index contributed by atoms with van der Waals surface area (Å²) in [5, 5.41) is 5.05. The van der Waals surface area contributed by atoms with Crippen LogP contribution in [0.5, 0.6) is 0 Å². The fraction of sp³-hybridized carbons (Fsp3) is 0.600. The van der Waals surface area contributed by atoms with Crippen molar-refractivity contribution in [3.63, 3.8) is 0 Å². The Bertz CT molecular complexity index is 438. The van der Waals surface area contributed by atoms with Crippen molar-refractivity contribution < 1.29 is 4.39 Å². The first-order valence-electron chi connectivity index (χ1n) is 6.73. The predicted molar refractivity (Wildman–Crippen MR) is 85.7 cm³/mol. The van der Waals surface area contributed by atoms with E-state index in [9.17, 15) is 4.39 Å². The van der Waals surface area contributed by atoms with Gasteiger partial charge in [0.2, 0.25) is 0 Å². The van der Waals surface area contributed by atoms with Gasteiger partial charge in [-0.05, 0) is 20.0 Å². The second kappa shape index (κ2) is 6.51. The summed E-state index contributed by atoms with van der Waals surface area (Å²) in [5.41, 5.74) is 1.92. The number of nitrogens with one attached hydrogen (secondary N) is 1. The lowest BCUT2D eigenvalue weighted by molar-refractivity contribution is 0.532. The summed E-state index contributed by atoms with van der Waals surface area (Å²) < 4.78 is 14.1. The van der Waals surface area contributed by atoms with Crippen LogP contribution < -0.4 is 5.32 Å². The van der Waals surface area contributed by atoms with Crippen molar-refractivity contribution in [3.05, 3.63) is 35.1 Å². The average molecular weight is 299 g/mol. The van der Waals surface area contributed by atoms with Crippen LogP contribution in [0.4, 0.5) is 4.39 Å². The summed E-state index contributed by atoms with van der Waals surface area (Å²) in [6.07, 6.45) is 0. The lowest BCUT2D eigenvalue weighted by Crippen LogP contribution is -2.36. The van der Waals surface area contributed by atoms with E-state index in [1.165, 1.54) is 0 Å². The topological polar surface area (TPSA) is 12.0 Å². The van der Waals surface area contributed by atoms with E-state index in [1.54, 1.807) is 6.07 Å². The van der Waals surface area contributed by atoms with Crippen molar-refractivity contribution in [2.75, 3.05) is 12.8 Å². The second-order valence-corrected chi connectivity index (χ2v) is 8.24. The smallest absolute Gasteiger partial charge is 0.128 e. The molecule has 4 unspecified atom stereocenters. The first-order chi connectivity index (χ1) is 9.02. The number of hydrogen-bond acceptors (Lipinski definition) is 3. The van der Waals surface area contributed by atoms with Gasteiger partial charge in [-0.3, -0.25) is 0 Å². The molecular weight excluding hydrogens is 277 g/mol. The van der Waals surface area contributed by atoms with Crippen LogP contribution in [0.2, 0.25) is 0 Å². The van der Waals surface area contributed by atoms with Gasteiger partial charge in [-0.15, -0.1) is 0 Å². The van der Waals surface area contributed by atoms with Crippen molar-refractivity contribution in [3.8, 4) is 0 Å². The lowest BCUT2D eigenvalue weighted by Gasteiger charge is -2.36. The molecule has 0 bridgehead atoms. The third-order valence-electron chi connectivity index (χ3n) is 3.74. The Kier molecular flexibility index (Phi) is 5.21. The van der Waals surface area contributed by atoms with E-state index < -0.39 is 0 Å². The zero-order chi connectivity index (χ0) is 14.0. The normalized spacial score (nSPS) is 29.2. The molecule has 1 N–H and O–H groups in total. The van der Waals surface area contributed by atoms with E-state index in [0.29, 0.717) is 15.7 Å². The molecule has 1 aliphatic rings. The molecule has 1 aromatic rings. The summed E-state index contributed by atoms with van der Waals surface area (Å²) in [4.78, 5) is 0. The van der Waals surface area contributed by atoms with Crippen molar-refractivity contribution >= 4 is 23.5 Å². The highest BCUT2D eigenvalue weighted by Gasteiger charge is 2.32. The highest BCUT2D eigenvalue weighted by Crippen LogP contribution is 2.41. The molecule has 2 rings (SSSR count). The minimum atomic E-state index is -0.0955. The monoisotopic (exact) mass is 299 g/mol. The third-order valence-corrected chi connectivity index (χ3v) is 7.24. The molecule has 1 heterocycles. The van der Waals surface area contributed by atoms with Crippen LogP contribution in [0.15, 0.2) is 18.2 Å². The van der Waals surface area contributed by atoms with Crippen LogP contribution in [0.3, 0.4) is 0 Å². The molecule has 1 nitrogen and oxygen atoms in total. The molecule has 4 atom stereocenters. The van der Waals surface area contributed by atoms with E-state index in [-0.39, 0.29) is 11.9 Å². The van der Waals surface area contributed by atoms with Crippen LogP contribution in [-0.2, 0) is 0 Å². The number of rotatable bonds is 3. The third kappa shape index (κ3) is 3.47. The highest BCUT2D eigenvalue weighted by atomic mass is 32.2. The van der Waals surface area contributed by atoms with Crippen LogP contribution in [-0.4, -0.2) is 28.6 Å². The Morgan fingerprint density at radius 3 is 2.68 bits per heavy atom. The molecule has 0 radical (unpaired) electrons. The Hall–Kier alpha value is -0.190. The van der Waals surface area contributed by atoms with Gasteiger partial charge in [-0.25, -0.2) is 4.39 Å². The molecule has 0 amide bonds. The van der Waals surface area contributed by atoms with Crippen LogP contribution in [0.25, 0.3) is 0 Å². The molecule has 0 aromatic heterocycles. The molecule has 1 aliphatic heterocycles. The van der Waals surface area contributed by atoms with E-state index in [4.69, 9.17) is 0 Å². The largest absolute Gasteiger partial charge is 0.312 e. The quantitative estimate of drug-likeness (QED) is 0.905. The number of benzene rings is 1. The number of halogens is 1. The maximum Gasteiger partial charge on any atom is 0.128 e. The zero-order valence-corrected chi connectivity index (χ0v) is 13.6. The Morgan fingerprint density at radius 2 is 2.05 bits per heavy atom. The fourth-order valence-corrected chi connectivity index (χ4v) is 5.57. The molecule has 19 heavy (non-hydrogen) atoms. The molecule has 4 heteroatoms. The van der Waals surface area contributed by atoms with Crippen LogP contribution in [0, 0.1) is 12.7 Å². The lowest BCUT2D eigenvalue weighted by atomic mass is 10.0. The average Bonchev–Trinajstić information content (AvgIpc) is 2.38. The first-order valence-corrected chi connectivity index (χ1v) is 8.72. The van der Waals surface area contributed by atoms with Gasteiger partial charge in [0, 0.05) is 33.1 Å². The maximum absolute atomic E-state index is 14.1. The van der Waals surface area contributed by atoms with E-state index in [1.807, 2.05) is 49.6 Å². The Labute approximate surface area is 124 Å². The molecule has 106 valence electrons. The van der Waals surface area contributed by atoms with Gasteiger partial charge in [0.25, 0.3) is 0 Å². The van der Waals surface area contributed by atoms with Crippen molar-refractivity contribution in [1.29, 1.82) is 0 Å². The molecular formula is C15H22FNS2. The standard InChI is InChI=1S/C15H22FNS2/c1-9-5-6-13(16)12(7-9)15(17-4)14-8-18-10(2)11(3)19-14/h5-7,10-11,14-15,17H,8H2,1-4H3. The van der Waals surface area contributed by atoms with Gasteiger partial charge in [-0.1, -0.05) is 31.5 Å². The van der Waals surface area contributed by atoms with Crippen LogP contribution in [0.1, 0.15) is 31.0 Å². The molecule has 1 fully saturated rings. The molecule has 1 aromatic carbocycles. The molecule has 0 saturated carbocycles. The van der Waals surface area contributed by atoms with E-state index in [0.717, 1.165) is 16.9 Å². The summed E-state index contributed by atoms with van der Waals surface area (Å²) in [6, 6.07) is 5.48. The summed E-state index contributed by atoms with van der Waals surface area (Å²) in [6.45, 7) is 6.57. The SMILES string of the molecule is CNC(c1cc(C)ccc1F)C1CSC(C)C(C)S1. The van der Waals surface area contributed by atoms with Gasteiger partial charge in [0.05, 0.1) is 0 Å². The number of thioether (sulfide) groups is 2. The highest BCUT2D eigenvalue weighted by molar-refractivity contribution is 8.07. The number of hydrogen-bond donors (Lipinski definition) is 1. The van der Waals surface area contributed by atoms with Crippen molar-refractivity contribution in [1.82, 2.24) is 5.32 Å². The van der Waals surface area contributed by atoms with Gasteiger partial charge < -0.3 is 5.32 Å². The van der Waals surface area contributed by atoms with Gasteiger partial charge in [-0.2, -0.15) is 23.5 Å². The molecule has 0 spiro atoms.